The summed E-state index contributed by atoms with van der Waals surface area (Å²) >= 11 is 0. The fraction of sp³-hybridized carbons (Fsp3) is 0. The number of carbonyl (C=O) groups is 4. The Balaban J connectivity index is 0.000000171. The van der Waals surface area contributed by atoms with Crippen molar-refractivity contribution in [1.29, 1.82) is 0 Å². The first-order valence-electron chi connectivity index (χ1n) is 8.34. The molecule has 10 nitrogen and oxygen atoms in total. The van der Waals surface area contributed by atoms with E-state index in [2.05, 4.69) is 9.97 Å². The van der Waals surface area contributed by atoms with E-state index >= 15 is 0 Å². The number of hydrogen-bond acceptors (Lipinski definition) is 4. The molecule has 0 aliphatic carbocycles. The highest BCUT2D eigenvalue weighted by molar-refractivity contribution is 5.98. The SMILES string of the molecule is O=C(O)c1ccc2[nH]c(C(=O)O)cc2c1.O=C(O)c1ccc2[nH]c(C(=O)O)cc2c1. The van der Waals surface area contributed by atoms with E-state index in [1.54, 1.807) is 12.1 Å². The molecule has 4 aromatic rings. The van der Waals surface area contributed by atoms with Gasteiger partial charge in [0.1, 0.15) is 11.4 Å². The summed E-state index contributed by atoms with van der Waals surface area (Å²) in [4.78, 5) is 47.9. The molecule has 30 heavy (non-hydrogen) atoms. The van der Waals surface area contributed by atoms with Crippen LogP contribution in [0.25, 0.3) is 21.8 Å². The lowest BCUT2D eigenvalue weighted by molar-refractivity contribution is 0.0681. The number of H-pyrrole nitrogens is 2. The lowest BCUT2D eigenvalue weighted by Crippen LogP contribution is -1.94. The molecule has 152 valence electrons. The monoisotopic (exact) mass is 410 g/mol. The highest BCUT2D eigenvalue weighted by atomic mass is 16.4. The van der Waals surface area contributed by atoms with Crippen LogP contribution in [-0.4, -0.2) is 54.3 Å². The van der Waals surface area contributed by atoms with Gasteiger partial charge in [0.05, 0.1) is 11.1 Å². The van der Waals surface area contributed by atoms with Crippen molar-refractivity contribution in [3.05, 3.63) is 71.0 Å². The average molecular weight is 410 g/mol. The minimum Gasteiger partial charge on any atom is -0.478 e. The van der Waals surface area contributed by atoms with E-state index in [9.17, 15) is 19.2 Å². The fourth-order valence-electron chi connectivity index (χ4n) is 2.76. The second-order valence-electron chi connectivity index (χ2n) is 6.19. The summed E-state index contributed by atoms with van der Waals surface area (Å²) in [5.41, 5.74) is 1.59. The molecule has 0 fully saturated rings. The summed E-state index contributed by atoms with van der Waals surface area (Å²) in [6.07, 6.45) is 0. The van der Waals surface area contributed by atoms with E-state index in [-0.39, 0.29) is 22.5 Å². The molecule has 10 heteroatoms. The largest absolute Gasteiger partial charge is 0.478 e. The fourth-order valence-corrected chi connectivity index (χ4v) is 2.76. The second-order valence-corrected chi connectivity index (χ2v) is 6.19. The van der Waals surface area contributed by atoms with Crippen LogP contribution in [0.5, 0.6) is 0 Å². The number of fused-ring (bicyclic) bond motifs is 2. The number of rotatable bonds is 4. The molecule has 0 saturated heterocycles. The minimum absolute atomic E-state index is 0.0486. The van der Waals surface area contributed by atoms with Crippen molar-refractivity contribution in [2.24, 2.45) is 0 Å². The van der Waals surface area contributed by atoms with Gasteiger partial charge in [0.15, 0.2) is 0 Å². The van der Waals surface area contributed by atoms with Gasteiger partial charge in [-0.05, 0) is 48.5 Å². The Bertz CT molecular complexity index is 1190. The van der Waals surface area contributed by atoms with Gasteiger partial charge in [-0.1, -0.05) is 0 Å². The maximum atomic E-state index is 10.7. The molecule has 0 bridgehead atoms. The molecular formula is C20H14N2O8. The predicted octanol–water partition coefficient (Wildman–Crippen LogP) is 3.13. The maximum absolute atomic E-state index is 10.7. The van der Waals surface area contributed by atoms with Gasteiger partial charge in [0.2, 0.25) is 0 Å². The molecule has 2 aromatic heterocycles. The topological polar surface area (TPSA) is 181 Å². The summed E-state index contributed by atoms with van der Waals surface area (Å²) in [5, 5.41) is 36.1. The first-order valence-corrected chi connectivity index (χ1v) is 8.34. The summed E-state index contributed by atoms with van der Waals surface area (Å²) in [6, 6.07) is 11.6. The van der Waals surface area contributed by atoms with Crippen molar-refractivity contribution in [2.75, 3.05) is 0 Å². The van der Waals surface area contributed by atoms with E-state index in [1.165, 1.54) is 36.4 Å². The van der Waals surface area contributed by atoms with Crippen molar-refractivity contribution in [3.63, 3.8) is 0 Å². The summed E-state index contributed by atoms with van der Waals surface area (Å²) in [5.74, 6) is -4.20. The molecule has 0 aliphatic rings. The van der Waals surface area contributed by atoms with E-state index < -0.39 is 23.9 Å². The van der Waals surface area contributed by atoms with Crippen molar-refractivity contribution in [2.45, 2.75) is 0 Å². The van der Waals surface area contributed by atoms with Gasteiger partial charge in [-0.3, -0.25) is 0 Å². The lowest BCUT2D eigenvalue weighted by atomic mass is 10.1. The van der Waals surface area contributed by atoms with E-state index in [0.29, 0.717) is 21.8 Å². The zero-order valence-corrected chi connectivity index (χ0v) is 15.0. The summed E-state index contributed by atoms with van der Waals surface area (Å²) in [6.45, 7) is 0. The summed E-state index contributed by atoms with van der Waals surface area (Å²) in [7, 11) is 0. The molecule has 0 spiro atoms. The Kier molecular flexibility index (Phi) is 5.23. The van der Waals surface area contributed by atoms with Gasteiger partial charge in [0.25, 0.3) is 0 Å². The Morgan fingerprint density at radius 1 is 0.533 bits per heavy atom. The molecule has 4 rings (SSSR count). The van der Waals surface area contributed by atoms with Crippen LogP contribution in [-0.2, 0) is 0 Å². The first kappa shape index (κ1) is 20.1. The molecule has 2 heterocycles. The zero-order chi connectivity index (χ0) is 22.0. The summed E-state index contributed by atoms with van der Waals surface area (Å²) < 4.78 is 0. The highest BCUT2D eigenvalue weighted by Gasteiger charge is 2.10. The van der Waals surface area contributed by atoms with Gasteiger partial charge in [-0.15, -0.1) is 0 Å². The number of nitrogens with one attached hydrogen (secondary N) is 2. The maximum Gasteiger partial charge on any atom is 0.352 e. The molecule has 0 amide bonds. The number of aromatic nitrogens is 2. The van der Waals surface area contributed by atoms with Crippen LogP contribution in [0.2, 0.25) is 0 Å². The Morgan fingerprint density at radius 2 is 0.900 bits per heavy atom. The average Bonchev–Trinajstić information content (AvgIpc) is 3.31. The van der Waals surface area contributed by atoms with E-state index in [0.717, 1.165) is 0 Å². The van der Waals surface area contributed by atoms with Crippen molar-refractivity contribution in [1.82, 2.24) is 9.97 Å². The Labute approximate surface area is 167 Å². The normalized spacial score (nSPS) is 10.4. The molecule has 6 N–H and O–H groups in total. The zero-order valence-electron chi connectivity index (χ0n) is 15.0. The number of aromatic carboxylic acids is 4. The van der Waals surface area contributed by atoms with Crippen molar-refractivity contribution >= 4 is 45.7 Å². The lowest BCUT2D eigenvalue weighted by Gasteiger charge is -1.93. The highest BCUT2D eigenvalue weighted by Crippen LogP contribution is 2.18. The standard InChI is InChI=1S/2C10H7NO4/c2*12-9(13)5-1-2-7-6(3-5)4-8(11-7)10(14)15/h2*1-4,11H,(H,12,13)(H,14,15). The first-order chi connectivity index (χ1) is 14.2. The third kappa shape index (κ3) is 4.12. The molecular weight excluding hydrogens is 396 g/mol. The molecule has 0 atom stereocenters. The third-order valence-corrected chi connectivity index (χ3v) is 4.20. The van der Waals surface area contributed by atoms with E-state index in [4.69, 9.17) is 20.4 Å². The van der Waals surface area contributed by atoms with Gasteiger partial charge in [0, 0.05) is 21.8 Å². The van der Waals surface area contributed by atoms with Crippen LogP contribution in [0.1, 0.15) is 41.7 Å². The third-order valence-electron chi connectivity index (χ3n) is 4.20. The molecule has 0 saturated carbocycles. The number of carboxylic acids is 4. The van der Waals surface area contributed by atoms with Crippen LogP contribution >= 0.6 is 0 Å². The van der Waals surface area contributed by atoms with Crippen LogP contribution in [0, 0.1) is 0 Å². The molecule has 0 unspecified atom stereocenters. The van der Waals surface area contributed by atoms with Crippen LogP contribution in [0.15, 0.2) is 48.5 Å². The van der Waals surface area contributed by atoms with Crippen molar-refractivity contribution in [3.8, 4) is 0 Å². The van der Waals surface area contributed by atoms with Gasteiger partial charge in [-0.25, -0.2) is 19.2 Å². The molecule has 0 aliphatic heterocycles. The molecule has 0 radical (unpaired) electrons. The number of aromatic amines is 2. The smallest absolute Gasteiger partial charge is 0.352 e. The van der Waals surface area contributed by atoms with Gasteiger partial charge in [-0.2, -0.15) is 0 Å². The number of carboxylic acid groups (broad SMARTS) is 4. The van der Waals surface area contributed by atoms with Gasteiger partial charge >= 0.3 is 23.9 Å². The van der Waals surface area contributed by atoms with E-state index in [1.807, 2.05) is 0 Å². The Morgan fingerprint density at radius 3 is 1.20 bits per heavy atom. The number of benzene rings is 2. The van der Waals surface area contributed by atoms with Crippen LogP contribution in [0.4, 0.5) is 0 Å². The molecule has 2 aromatic carbocycles. The van der Waals surface area contributed by atoms with Crippen molar-refractivity contribution < 1.29 is 39.6 Å². The Hall–Kier alpha value is -4.60. The van der Waals surface area contributed by atoms with Gasteiger partial charge < -0.3 is 30.4 Å². The minimum atomic E-state index is -1.07. The van der Waals surface area contributed by atoms with Crippen LogP contribution < -0.4 is 0 Å². The predicted molar refractivity (Wildman–Crippen MR) is 104 cm³/mol. The number of hydrogen-bond donors (Lipinski definition) is 6. The second kappa shape index (κ2) is 7.80. The van der Waals surface area contributed by atoms with Crippen LogP contribution in [0.3, 0.4) is 0 Å². The quantitative estimate of drug-likeness (QED) is 0.297.